The van der Waals surface area contributed by atoms with Gasteiger partial charge in [0.25, 0.3) is 5.91 Å². The van der Waals surface area contributed by atoms with E-state index in [1.165, 1.54) is 6.21 Å². The Morgan fingerprint density at radius 1 is 1.32 bits per heavy atom. The zero-order chi connectivity index (χ0) is 15.9. The fraction of sp³-hybridized carbons (Fsp3) is 0.125. The number of ether oxygens (including phenoxy) is 1. The first-order valence-corrected chi connectivity index (χ1v) is 6.75. The van der Waals surface area contributed by atoms with Crippen molar-refractivity contribution in [3.63, 3.8) is 0 Å². The Morgan fingerprint density at radius 2 is 2.05 bits per heavy atom. The van der Waals surface area contributed by atoms with Gasteiger partial charge in [-0.25, -0.2) is 5.43 Å². The topological polar surface area (TPSA) is 96.9 Å². The van der Waals surface area contributed by atoms with Crippen LogP contribution < -0.4 is 15.9 Å². The van der Waals surface area contributed by atoms with Crippen molar-refractivity contribution in [2.75, 3.05) is 12.3 Å². The van der Waals surface area contributed by atoms with Crippen LogP contribution in [-0.2, 0) is 0 Å². The van der Waals surface area contributed by atoms with Crippen LogP contribution >= 0.6 is 0 Å². The first-order chi connectivity index (χ1) is 10.6. The number of benzene rings is 2. The number of nitrogens with two attached hydrogens (primary N) is 1. The third-order valence-corrected chi connectivity index (χ3v) is 2.87. The molecule has 0 atom stereocenters. The van der Waals surface area contributed by atoms with E-state index < -0.39 is 0 Å². The van der Waals surface area contributed by atoms with Crippen molar-refractivity contribution in [2.45, 2.75) is 6.92 Å². The van der Waals surface area contributed by atoms with Gasteiger partial charge >= 0.3 is 0 Å². The Labute approximate surface area is 128 Å². The Hall–Kier alpha value is -3.02. The molecule has 0 radical (unpaired) electrons. The standard InChI is InChI=1S/C16H17N3O3/c1-2-22-14-5-3-4-12(15(14)20)10-18-19-16(21)11-6-8-13(17)9-7-11/h3-10,20H,2,17H2,1H3,(H,19,21)/b18-10-. The molecule has 0 bridgehead atoms. The summed E-state index contributed by atoms with van der Waals surface area (Å²) in [5, 5.41) is 13.8. The lowest BCUT2D eigenvalue weighted by Gasteiger charge is -2.07. The van der Waals surface area contributed by atoms with Crippen molar-refractivity contribution in [2.24, 2.45) is 5.10 Å². The van der Waals surface area contributed by atoms with Crippen LogP contribution in [0.25, 0.3) is 0 Å². The summed E-state index contributed by atoms with van der Waals surface area (Å²) in [5.41, 5.74) is 9.41. The van der Waals surface area contributed by atoms with Gasteiger partial charge in [0, 0.05) is 16.8 Å². The highest BCUT2D eigenvalue weighted by molar-refractivity contribution is 5.95. The fourth-order valence-electron chi connectivity index (χ4n) is 1.77. The molecule has 0 saturated heterocycles. The molecule has 6 nitrogen and oxygen atoms in total. The largest absolute Gasteiger partial charge is 0.504 e. The van der Waals surface area contributed by atoms with Crippen LogP contribution in [0.15, 0.2) is 47.6 Å². The van der Waals surface area contributed by atoms with E-state index >= 15 is 0 Å². The number of carbonyl (C=O) groups excluding carboxylic acids is 1. The van der Waals surface area contributed by atoms with Crippen LogP contribution in [0.5, 0.6) is 11.5 Å². The number of carbonyl (C=O) groups is 1. The number of amides is 1. The van der Waals surface area contributed by atoms with E-state index in [1.54, 1.807) is 42.5 Å². The molecule has 22 heavy (non-hydrogen) atoms. The summed E-state index contributed by atoms with van der Waals surface area (Å²) in [5.74, 6) is -0.0113. The lowest BCUT2D eigenvalue weighted by atomic mass is 10.2. The molecule has 0 aliphatic carbocycles. The monoisotopic (exact) mass is 299 g/mol. The predicted molar refractivity (Wildman–Crippen MR) is 85.2 cm³/mol. The molecule has 0 unspecified atom stereocenters. The van der Waals surface area contributed by atoms with Crippen LogP contribution in [0.3, 0.4) is 0 Å². The van der Waals surface area contributed by atoms with Gasteiger partial charge in [0.15, 0.2) is 11.5 Å². The van der Waals surface area contributed by atoms with Crippen LogP contribution in [0, 0.1) is 0 Å². The zero-order valence-electron chi connectivity index (χ0n) is 12.1. The van der Waals surface area contributed by atoms with Crippen LogP contribution in [0.2, 0.25) is 0 Å². The molecule has 0 aromatic heterocycles. The van der Waals surface area contributed by atoms with E-state index in [0.29, 0.717) is 29.2 Å². The van der Waals surface area contributed by atoms with Crippen LogP contribution in [0.4, 0.5) is 5.69 Å². The molecule has 1 amide bonds. The maximum Gasteiger partial charge on any atom is 0.271 e. The van der Waals surface area contributed by atoms with Gasteiger partial charge in [0.05, 0.1) is 12.8 Å². The van der Waals surface area contributed by atoms with E-state index in [2.05, 4.69) is 10.5 Å². The van der Waals surface area contributed by atoms with E-state index in [0.717, 1.165) is 0 Å². The van der Waals surface area contributed by atoms with Crippen molar-refractivity contribution in [3.05, 3.63) is 53.6 Å². The Morgan fingerprint density at radius 3 is 2.73 bits per heavy atom. The van der Waals surface area contributed by atoms with Crippen molar-refractivity contribution in [1.82, 2.24) is 5.43 Å². The van der Waals surface area contributed by atoms with Crippen molar-refractivity contribution >= 4 is 17.8 Å². The molecule has 0 aliphatic heterocycles. The van der Waals surface area contributed by atoms with Gasteiger partial charge < -0.3 is 15.6 Å². The Bertz CT molecular complexity index is 682. The van der Waals surface area contributed by atoms with Crippen molar-refractivity contribution < 1.29 is 14.6 Å². The van der Waals surface area contributed by atoms with E-state index in [-0.39, 0.29) is 11.7 Å². The molecule has 0 fully saturated rings. The summed E-state index contributed by atoms with van der Waals surface area (Å²) < 4.78 is 5.27. The average Bonchev–Trinajstić information content (AvgIpc) is 2.51. The number of para-hydroxylation sites is 1. The Kier molecular flexibility index (Phi) is 4.98. The Balaban J connectivity index is 2.05. The highest BCUT2D eigenvalue weighted by atomic mass is 16.5. The zero-order valence-corrected chi connectivity index (χ0v) is 12.1. The van der Waals surface area contributed by atoms with E-state index in [4.69, 9.17) is 10.5 Å². The summed E-state index contributed by atoms with van der Waals surface area (Å²) in [6.45, 7) is 2.27. The van der Waals surface area contributed by atoms with Gasteiger partial charge in [0.2, 0.25) is 0 Å². The second kappa shape index (κ2) is 7.12. The number of rotatable bonds is 5. The third-order valence-electron chi connectivity index (χ3n) is 2.87. The van der Waals surface area contributed by atoms with Gasteiger partial charge in [-0.15, -0.1) is 0 Å². The van der Waals surface area contributed by atoms with Gasteiger partial charge in [-0.1, -0.05) is 6.07 Å². The lowest BCUT2D eigenvalue weighted by Crippen LogP contribution is -2.17. The second-order valence-corrected chi connectivity index (χ2v) is 4.45. The lowest BCUT2D eigenvalue weighted by molar-refractivity contribution is 0.0955. The van der Waals surface area contributed by atoms with Crippen molar-refractivity contribution in [3.8, 4) is 11.5 Å². The van der Waals surface area contributed by atoms with E-state index in [9.17, 15) is 9.90 Å². The molecule has 0 saturated carbocycles. The molecule has 0 spiro atoms. The fourth-order valence-corrected chi connectivity index (χ4v) is 1.77. The van der Waals surface area contributed by atoms with Gasteiger partial charge in [-0.3, -0.25) is 4.79 Å². The number of nitrogens with zero attached hydrogens (tertiary/aromatic N) is 1. The number of hydrazone groups is 1. The SMILES string of the molecule is CCOc1cccc(/C=N\NC(=O)c2ccc(N)cc2)c1O. The third kappa shape index (κ3) is 3.76. The maximum absolute atomic E-state index is 11.8. The quantitative estimate of drug-likeness (QED) is 0.447. The summed E-state index contributed by atoms with van der Waals surface area (Å²) >= 11 is 0. The first-order valence-electron chi connectivity index (χ1n) is 6.75. The van der Waals surface area contributed by atoms with Crippen LogP contribution in [-0.4, -0.2) is 23.8 Å². The van der Waals surface area contributed by atoms with E-state index in [1.807, 2.05) is 6.92 Å². The minimum atomic E-state index is -0.364. The molecule has 2 rings (SSSR count). The second-order valence-electron chi connectivity index (χ2n) is 4.45. The summed E-state index contributed by atoms with van der Waals surface area (Å²) in [4.78, 5) is 11.8. The first kappa shape index (κ1) is 15.4. The molecule has 4 N–H and O–H groups in total. The summed E-state index contributed by atoms with van der Waals surface area (Å²) in [7, 11) is 0. The number of nitrogens with one attached hydrogen (secondary N) is 1. The highest BCUT2D eigenvalue weighted by Crippen LogP contribution is 2.28. The van der Waals surface area contributed by atoms with Crippen molar-refractivity contribution in [1.29, 1.82) is 0 Å². The minimum absolute atomic E-state index is 0.0187. The highest BCUT2D eigenvalue weighted by Gasteiger charge is 2.06. The van der Waals surface area contributed by atoms with Gasteiger partial charge in [-0.2, -0.15) is 5.10 Å². The molecule has 114 valence electrons. The maximum atomic E-state index is 11.8. The molecule has 6 heteroatoms. The summed E-state index contributed by atoms with van der Waals surface area (Å²) in [6.07, 6.45) is 1.35. The number of nitrogen functional groups attached to an aromatic ring is 1. The molecule has 0 heterocycles. The minimum Gasteiger partial charge on any atom is -0.504 e. The number of aromatic hydroxyl groups is 1. The number of hydrogen-bond donors (Lipinski definition) is 3. The molecule has 2 aromatic rings. The smallest absolute Gasteiger partial charge is 0.271 e. The number of phenolic OH excluding ortho intramolecular Hbond substituents is 1. The number of phenols is 1. The normalized spacial score (nSPS) is 10.6. The van der Waals surface area contributed by atoms with Crippen LogP contribution in [0.1, 0.15) is 22.8 Å². The predicted octanol–water partition coefficient (Wildman–Crippen LogP) is 2.14. The average molecular weight is 299 g/mol. The molecular formula is C16H17N3O3. The molecule has 0 aliphatic rings. The molecule has 2 aromatic carbocycles. The van der Waals surface area contributed by atoms with Gasteiger partial charge in [0.1, 0.15) is 0 Å². The van der Waals surface area contributed by atoms with Gasteiger partial charge in [-0.05, 0) is 43.3 Å². The summed E-state index contributed by atoms with van der Waals surface area (Å²) in [6, 6.07) is 11.5. The molecular weight excluding hydrogens is 282 g/mol. The number of anilines is 1. The number of hydrogen-bond acceptors (Lipinski definition) is 5.